The van der Waals surface area contributed by atoms with Gasteiger partial charge in [-0.25, -0.2) is 0 Å². The number of nitrogens with zero attached hydrogens (tertiary/aromatic N) is 1. The molecule has 0 aromatic rings. The van der Waals surface area contributed by atoms with Gasteiger partial charge in [-0.1, -0.05) is 12.8 Å². The van der Waals surface area contributed by atoms with Crippen molar-refractivity contribution in [2.75, 3.05) is 52.4 Å². The quantitative estimate of drug-likeness (QED) is 0.667. The highest BCUT2D eigenvalue weighted by Gasteiger charge is 2.49. The van der Waals surface area contributed by atoms with E-state index < -0.39 is 0 Å². The molecule has 5 heteroatoms. The number of fused-ring (bicyclic) bond motifs is 1. The van der Waals surface area contributed by atoms with E-state index in [1.807, 2.05) is 0 Å². The second-order valence-electron chi connectivity index (χ2n) is 6.58. The molecule has 20 heavy (non-hydrogen) atoms. The summed E-state index contributed by atoms with van der Waals surface area (Å²) in [5.74, 6) is 0.873. The monoisotopic (exact) mass is 280 g/mol. The smallest absolute Gasteiger partial charge is 0.227 e. The molecule has 0 unspecified atom stereocenters. The summed E-state index contributed by atoms with van der Waals surface area (Å²) in [6.07, 6.45) is 4.80. The molecule has 0 bridgehead atoms. The Morgan fingerprint density at radius 1 is 1.25 bits per heavy atom. The van der Waals surface area contributed by atoms with Crippen molar-refractivity contribution in [3.05, 3.63) is 0 Å². The average Bonchev–Trinajstić information content (AvgIpc) is 2.93. The maximum Gasteiger partial charge on any atom is 0.227 e. The first-order valence-corrected chi connectivity index (χ1v) is 8.23. The van der Waals surface area contributed by atoms with Crippen LogP contribution in [0, 0.1) is 11.3 Å². The molecule has 0 spiro atoms. The van der Waals surface area contributed by atoms with Gasteiger partial charge >= 0.3 is 0 Å². The third-order valence-corrected chi connectivity index (χ3v) is 5.41. The zero-order valence-corrected chi connectivity index (χ0v) is 12.4. The summed E-state index contributed by atoms with van der Waals surface area (Å²) in [7, 11) is 0. The van der Waals surface area contributed by atoms with Gasteiger partial charge in [0.15, 0.2) is 0 Å². The largest absolute Gasteiger partial charge is 0.354 e. The van der Waals surface area contributed by atoms with E-state index in [2.05, 4.69) is 20.9 Å². The van der Waals surface area contributed by atoms with E-state index in [4.69, 9.17) is 0 Å². The Kier molecular flexibility index (Phi) is 4.58. The number of hydrogen-bond donors (Lipinski definition) is 3. The molecule has 0 aromatic heterocycles. The summed E-state index contributed by atoms with van der Waals surface area (Å²) in [5.41, 5.74) is -0.0955. The molecule has 0 aromatic carbocycles. The number of carbonyl (C=O) groups is 1. The number of nitrogens with one attached hydrogen (secondary N) is 3. The molecule has 3 rings (SSSR count). The maximum atomic E-state index is 12.7. The van der Waals surface area contributed by atoms with Crippen molar-refractivity contribution < 1.29 is 4.79 Å². The molecule has 2 aliphatic heterocycles. The molecule has 114 valence electrons. The zero-order valence-electron chi connectivity index (χ0n) is 12.4. The van der Waals surface area contributed by atoms with Crippen LogP contribution in [-0.2, 0) is 4.79 Å². The van der Waals surface area contributed by atoms with Crippen LogP contribution < -0.4 is 16.0 Å². The molecule has 5 nitrogen and oxygen atoms in total. The molecule has 1 saturated carbocycles. The Hall–Kier alpha value is -0.650. The molecular weight excluding hydrogens is 252 g/mol. The van der Waals surface area contributed by atoms with Crippen molar-refractivity contribution in [1.82, 2.24) is 20.9 Å². The van der Waals surface area contributed by atoms with Gasteiger partial charge < -0.3 is 16.0 Å². The van der Waals surface area contributed by atoms with Gasteiger partial charge in [0.1, 0.15) is 0 Å². The fourth-order valence-electron chi connectivity index (χ4n) is 4.13. The molecule has 3 N–H and O–H groups in total. The lowest BCUT2D eigenvalue weighted by Gasteiger charge is -2.37. The Morgan fingerprint density at radius 2 is 2.10 bits per heavy atom. The predicted molar refractivity (Wildman–Crippen MR) is 79.6 cm³/mol. The predicted octanol–water partition coefficient (Wildman–Crippen LogP) is -0.212. The summed E-state index contributed by atoms with van der Waals surface area (Å²) in [4.78, 5) is 15.1. The van der Waals surface area contributed by atoms with Crippen LogP contribution in [0.15, 0.2) is 0 Å². The number of amides is 1. The first-order valence-electron chi connectivity index (χ1n) is 8.23. The second-order valence-corrected chi connectivity index (χ2v) is 6.58. The third kappa shape index (κ3) is 2.85. The lowest BCUT2D eigenvalue weighted by molar-refractivity contribution is -0.134. The van der Waals surface area contributed by atoms with Crippen molar-refractivity contribution in [3.8, 4) is 0 Å². The zero-order chi connectivity index (χ0) is 13.8. The molecule has 1 amide bonds. The number of rotatable bonds is 4. The van der Waals surface area contributed by atoms with E-state index in [1.54, 1.807) is 0 Å². The Morgan fingerprint density at radius 3 is 2.95 bits per heavy atom. The van der Waals surface area contributed by atoms with Crippen LogP contribution >= 0.6 is 0 Å². The SMILES string of the molecule is O=C(NCCN1CCNCC1)[C@@]12CCCC[C@H]1CNC2. The highest BCUT2D eigenvalue weighted by atomic mass is 16.2. The molecule has 2 atom stereocenters. The topological polar surface area (TPSA) is 56.4 Å². The van der Waals surface area contributed by atoms with Gasteiger partial charge in [-0.3, -0.25) is 9.69 Å². The van der Waals surface area contributed by atoms with Gasteiger partial charge in [-0.15, -0.1) is 0 Å². The normalized spacial score (nSPS) is 34.7. The molecular formula is C15H28N4O. The minimum atomic E-state index is -0.0955. The molecule has 2 saturated heterocycles. The van der Waals surface area contributed by atoms with E-state index in [9.17, 15) is 4.79 Å². The van der Waals surface area contributed by atoms with Crippen LogP contribution in [0.5, 0.6) is 0 Å². The molecule has 1 aliphatic carbocycles. The summed E-state index contributed by atoms with van der Waals surface area (Å²) < 4.78 is 0. The van der Waals surface area contributed by atoms with Crippen molar-refractivity contribution in [1.29, 1.82) is 0 Å². The minimum Gasteiger partial charge on any atom is -0.354 e. The molecule has 3 aliphatic rings. The highest BCUT2D eigenvalue weighted by Crippen LogP contribution is 2.43. The van der Waals surface area contributed by atoms with Gasteiger partial charge in [0.2, 0.25) is 5.91 Å². The van der Waals surface area contributed by atoms with Gasteiger partial charge in [-0.05, 0) is 25.3 Å². The van der Waals surface area contributed by atoms with Gasteiger partial charge in [0.05, 0.1) is 5.41 Å². The van der Waals surface area contributed by atoms with E-state index in [0.717, 1.165) is 58.8 Å². The van der Waals surface area contributed by atoms with E-state index in [1.165, 1.54) is 19.3 Å². The fraction of sp³-hybridized carbons (Fsp3) is 0.933. The van der Waals surface area contributed by atoms with Crippen molar-refractivity contribution in [2.24, 2.45) is 11.3 Å². The van der Waals surface area contributed by atoms with E-state index in [-0.39, 0.29) is 5.41 Å². The highest BCUT2D eigenvalue weighted by molar-refractivity contribution is 5.83. The van der Waals surface area contributed by atoms with Crippen molar-refractivity contribution in [3.63, 3.8) is 0 Å². The summed E-state index contributed by atoms with van der Waals surface area (Å²) in [6.45, 7) is 8.06. The second kappa shape index (κ2) is 6.41. The first kappa shape index (κ1) is 14.3. The lowest BCUT2D eigenvalue weighted by atomic mass is 9.67. The number of hydrogen-bond acceptors (Lipinski definition) is 4. The maximum absolute atomic E-state index is 12.7. The van der Waals surface area contributed by atoms with Gasteiger partial charge in [-0.2, -0.15) is 0 Å². The van der Waals surface area contributed by atoms with Crippen LogP contribution in [0.25, 0.3) is 0 Å². The number of carbonyl (C=O) groups excluding carboxylic acids is 1. The average molecular weight is 280 g/mol. The Balaban J connectivity index is 1.48. The Labute approximate surface area is 121 Å². The van der Waals surface area contributed by atoms with Crippen LogP contribution in [0.3, 0.4) is 0 Å². The van der Waals surface area contributed by atoms with Crippen LogP contribution in [0.1, 0.15) is 25.7 Å². The minimum absolute atomic E-state index is 0.0955. The summed E-state index contributed by atoms with van der Waals surface area (Å²) in [6, 6.07) is 0. The standard InChI is InChI=1S/C15H28N4O/c20-14(18-7-10-19-8-5-16-6-9-19)15-4-2-1-3-13(15)11-17-12-15/h13,16-17H,1-12H2,(H,18,20)/t13-,15+/m0/s1. The number of piperazine rings is 1. The summed E-state index contributed by atoms with van der Waals surface area (Å²) in [5, 5.41) is 10.0. The molecule has 3 fully saturated rings. The first-order chi connectivity index (χ1) is 9.81. The van der Waals surface area contributed by atoms with E-state index >= 15 is 0 Å². The third-order valence-electron chi connectivity index (χ3n) is 5.41. The molecule has 2 heterocycles. The fourth-order valence-corrected chi connectivity index (χ4v) is 4.13. The molecule has 0 radical (unpaired) electrons. The van der Waals surface area contributed by atoms with Crippen molar-refractivity contribution >= 4 is 5.91 Å². The van der Waals surface area contributed by atoms with Gasteiger partial charge in [0.25, 0.3) is 0 Å². The lowest BCUT2D eigenvalue weighted by Crippen LogP contribution is -2.50. The van der Waals surface area contributed by atoms with Crippen LogP contribution in [-0.4, -0.2) is 63.2 Å². The van der Waals surface area contributed by atoms with Crippen LogP contribution in [0.2, 0.25) is 0 Å². The van der Waals surface area contributed by atoms with Gasteiger partial charge in [0, 0.05) is 45.8 Å². The van der Waals surface area contributed by atoms with Crippen LogP contribution in [0.4, 0.5) is 0 Å². The van der Waals surface area contributed by atoms with E-state index in [0.29, 0.717) is 11.8 Å². The summed E-state index contributed by atoms with van der Waals surface area (Å²) >= 11 is 0. The Bertz CT molecular complexity index is 343. The van der Waals surface area contributed by atoms with Crippen molar-refractivity contribution in [2.45, 2.75) is 25.7 Å².